The minimum atomic E-state index is -3.09. The van der Waals surface area contributed by atoms with Gasteiger partial charge in [-0.3, -0.25) is 14.3 Å². The molecule has 2 aromatic carbocycles. The van der Waals surface area contributed by atoms with Gasteiger partial charge in [0, 0.05) is 26.1 Å². The number of methoxy groups -OCH3 is 1. The third-order valence-electron chi connectivity index (χ3n) is 5.59. The third-order valence-corrected chi connectivity index (χ3v) is 5.59. The fourth-order valence-corrected chi connectivity index (χ4v) is 3.88. The van der Waals surface area contributed by atoms with E-state index in [4.69, 9.17) is 4.74 Å². The lowest BCUT2D eigenvalue weighted by atomic mass is 10.1. The van der Waals surface area contributed by atoms with Crippen LogP contribution in [0, 0.1) is 5.82 Å². The van der Waals surface area contributed by atoms with Crippen LogP contribution in [0.3, 0.4) is 0 Å². The van der Waals surface area contributed by atoms with Gasteiger partial charge in [-0.1, -0.05) is 12.1 Å². The average molecular weight is 488 g/mol. The molecule has 184 valence electrons. The van der Waals surface area contributed by atoms with Crippen molar-refractivity contribution in [1.29, 1.82) is 0 Å². The number of aromatic nitrogens is 2. The molecular weight excluding hydrogens is 465 g/mol. The Kier molecular flexibility index (Phi) is 6.94. The first kappa shape index (κ1) is 24.1. The second kappa shape index (κ2) is 10.1. The van der Waals surface area contributed by atoms with Crippen LogP contribution >= 0.6 is 0 Å². The number of anilines is 1. The van der Waals surface area contributed by atoms with E-state index in [0.29, 0.717) is 31.0 Å². The molecule has 0 saturated carbocycles. The van der Waals surface area contributed by atoms with Crippen molar-refractivity contribution in [2.45, 2.75) is 33.2 Å². The number of carbonyl (C=O) groups excluding carboxylic acids is 2. The summed E-state index contributed by atoms with van der Waals surface area (Å²) in [4.78, 5) is 28.1. The van der Waals surface area contributed by atoms with Crippen LogP contribution in [-0.2, 0) is 24.4 Å². The Balaban J connectivity index is 1.50. The number of rotatable bonds is 8. The van der Waals surface area contributed by atoms with Gasteiger partial charge in [-0.05, 0) is 35.9 Å². The van der Waals surface area contributed by atoms with Gasteiger partial charge in [0.05, 0.1) is 31.6 Å². The van der Waals surface area contributed by atoms with E-state index in [2.05, 4.69) is 9.84 Å². The molecule has 1 aliphatic rings. The molecule has 3 aromatic rings. The van der Waals surface area contributed by atoms with Crippen LogP contribution in [-0.4, -0.2) is 46.8 Å². The summed E-state index contributed by atoms with van der Waals surface area (Å²) in [7, 11) is 1.58. The first-order valence-corrected chi connectivity index (χ1v) is 10.8. The molecule has 0 fully saturated rings. The van der Waals surface area contributed by atoms with E-state index in [1.165, 1.54) is 13.0 Å². The van der Waals surface area contributed by atoms with Gasteiger partial charge < -0.3 is 19.3 Å². The summed E-state index contributed by atoms with van der Waals surface area (Å²) in [6.45, 7) is -0.613. The lowest BCUT2D eigenvalue weighted by molar-refractivity contribution is -0.116. The summed E-state index contributed by atoms with van der Waals surface area (Å²) < 4.78 is 50.3. The van der Waals surface area contributed by atoms with Crippen LogP contribution in [0.2, 0.25) is 0 Å². The zero-order chi connectivity index (χ0) is 25.1. The van der Waals surface area contributed by atoms with Gasteiger partial charge in [-0.2, -0.15) is 13.9 Å². The Hall–Kier alpha value is -4.02. The summed E-state index contributed by atoms with van der Waals surface area (Å²) in [5.74, 6) is -1.22. The smallest absolute Gasteiger partial charge is 0.387 e. The molecule has 0 N–H and O–H groups in total. The number of ether oxygens (including phenoxy) is 2. The fourth-order valence-electron chi connectivity index (χ4n) is 3.88. The second-order valence-electron chi connectivity index (χ2n) is 7.92. The highest BCUT2D eigenvalue weighted by molar-refractivity contribution is 5.94. The number of nitrogens with zero attached hydrogens (tertiary/aromatic N) is 4. The first-order chi connectivity index (χ1) is 16.7. The molecule has 11 heteroatoms. The van der Waals surface area contributed by atoms with E-state index >= 15 is 0 Å². The van der Waals surface area contributed by atoms with Gasteiger partial charge in [0.1, 0.15) is 17.2 Å². The van der Waals surface area contributed by atoms with Crippen molar-refractivity contribution in [2.24, 2.45) is 0 Å². The van der Waals surface area contributed by atoms with E-state index in [0.717, 1.165) is 28.3 Å². The molecule has 0 spiro atoms. The fraction of sp³-hybridized carbons (Fsp3) is 0.292. The highest BCUT2D eigenvalue weighted by Gasteiger charge is 2.28. The maximum Gasteiger partial charge on any atom is 0.387 e. The van der Waals surface area contributed by atoms with Gasteiger partial charge >= 0.3 is 6.61 Å². The van der Waals surface area contributed by atoms with E-state index in [-0.39, 0.29) is 23.9 Å². The molecule has 2 amide bonds. The molecule has 0 atom stereocenters. The molecule has 2 heterocycles. The van der Waals surface area contributed by atoms with E-state index in [1.807, 2.05) is 24.3 Å². The Morgan fingerprint density at radius 2 is 1.83 bits per heavy atom. The van der Waals surface area contributed by atoms with Crippen molar-refractivity contribution < 1.29 is 32.2 Å². The normalized spacial score (nSPS) is 13.1. The number of hydrogen-bond donors (Lipinski definition) is 0. The zero-order valence-corrected chi connectivity index (χ0v) is 19.1. The van der Waals surface area contributed by atoms with Crippen molar-refractivity contribution in [3.05, 3.63) is 71.3 Å². The van der Waals surface area contributed by atoms with Gasteiger partial charge in [0.25, 0.3) is 5.91 Å². The average Bonchev–Trinajstić information content (AvgIpc) is 3.23. The monoisotopic (exact) mass is 488 g/mol. The SMILES string of the molecule is COc1ccc(CN2CCn3nc(CN(C(C)=O)c4ccc(OC(F)F)cc4F)cc3C2=O)cc1. The molecule has 0 aliphatic carbocycles. The second-order valence-corrected chi connectivity index (χ2v) is 7.92. The molecule has 35 heavy (non-hydrogen) atoms. The maximum atomic E-state index is 14.6. The van der Waals surface area contributed by atoms with Crippen LogP contribution in [0.15, 0.2) is 48.5 Å². The highest BCUT2D eigenvalue weighted by atomic mass is 19.3. The van der Waals surface area contributed by atoms with Gasteiger partial charge in [-0.25, -0.2) is 4.39 Å². The molecule has 0 bridgehead atoms. The minimum absolute atomic E-state index is 0.104. The zero-order valence-electron chi connectivity index (χ0n) is 19.1. The summed E-state index contributed by atoms with van der Waals surface area (Å²) >= 11 is 0. The minimum Gasteiger partial charge on any atom is -0.497 e. The summed E-state index contributed by atoms with van der Waals surface area (Å²) in [6.07, 6.45) is 0. The summed E-state index contributed by atoms with van der Waals surface area (Å²) in [5.41, 5.74) is 1.59. The predicted octanol–water partition coefficient (Wildman–Crippen LogP) is 3.84. The number of amides is 2. The number of alkyl halides is 2. The van der Waals surface area contributed by atoms with Crippen molar-refractivity contribution in [2.75, 3.05) is 18.6 Å². The van der Waals surface area contributed by atoms with Gasteiger partial charge in [-0.15, -0.1) is 0 Å². The Labute approximate surface area is 199 Å². The third kappa shape index (κ3) is 5.39. The van der Waals surface area contributed by atoms with Crippen molar-refractivity contribution >= 4 is 17.5 Å². The molecule has 4 rings (SSSR count). The lowest BCUT2D eigenvalue weighted by Gasteiger charge is -2.27. The number of carbonyl (C=O) groups is 2. The van der Waals surface area contributed by atoms with Gasteiger partial charge in [0.2, 0.25) is 5.91 Å². The largest absolute Gasteiger partial charge is 0.497 e. The van der Waals surface area contributed by atoms with Gasteiger partial charge in [0.15, 0.2) is 5.82 Å². The van der Waals surface area contributed by atoms with Crippen molar-refractivity contribution in [1.82, 2.24) is 14.7 Å². The topological polar surface area (TPSA) is 76.9 Å². The van der Waals surface area contributed by atoms with Crippen LogP contribution in [0.4, 0.5) is 18.9 Å². The number of benzene rings is 2. The lowest BCUT2D eigenvalue weighted by Crippen LogP contribution is -2.39. The summed E-state index contributed by atoms with van der Waals surface area (Å²) in [6, 6.07) is 12.1. The Bertz CT molecular complexity index is 1230. The number of fused-ring (bicyclic) bond motifs is 1. The number of hydrogen-bond acceptors (Lipinski definition) is 5. The molecule has 1 aliphatic heterocycles. The van der Waals surface area contributed by atoms with E-state index in [1.54, 1.807) is 22.8 Å². The Morgan fingerprint density at radius 3 is 2.46 bits per heavy atom. The van der Waals surface area contributed by atoms with Crippen LogP contribution < -0.4 is 14.4 Å². The Morgan fingerprint density at radius 1 is 1.11 bits per heavy atom. The molecule has 8 nitrogen and oxygen atoms in total. The van der Waals surface area contributed by atoms with E-state index < -0.39 is 18.3 Å². The molecule has 0 radical (unpaired) electrons. The van der Waals surface area contributed by atoms with E-state index in [9.17, 15) is 22.8 Å². The molecular formula is C24H23F3N4O4. The highest BCUT2D eigenvalue weighted by Crippen LogP contribution is 2.27. The first-order valence-electron chi connectivity index (χ1n) is 10.8. The van der Waals surface area contributed by atoms with Crippen LogP contribution in [0.25, 0.3) is 0 Å². The maximum absolute atomic E-state index is 14.6. The van der Waals surface area contributed by atoms with Crippen LogP contribution in [0.1, 0.15) is 28.7 Å². The van der Waals surface area contributed by atoms with Crippen molar-refractivity contribution in [3.63, 3.8) is 0 Å². The summed E-state index contributed by atoms with van der Waals surface area (Å²) in [5, 5.41) is 4.41. The van der Waals surface area contributed by atoms with Crippen LogP contribution in [0.5, 0.6) is 11.5 Å². The standard InChI is InChI=1S/C24H23F3N4O4/c1-15(32)30(21-8-7-19(12-20(21)25)35-24(26)27)14-17-11-22-23(33)29(9-10-31(22)28-17)13-16-3-5-18(34-2)6-4-16/h3-8,11-12,24H,9-10,13-14H2,1-2H3. The molecule has 0 saturated heterocycles. The quantitative estimate of drug-likeness (QED) is 0.482. The molecule has 0 unspecified atom stereocenters. The predicted molar refractivity (Wildman–Crippen MR) is 120 cm³/mol. The molecule has 1 aromatic heterocycles. The van der Waals surface area contributed by atoms with Crippen molar-refractivity contribution in [3.8, 4) is 11.5 Å². The number of halogens is 3.